The van der Waals surface area contributed by atoms with Gasteiger partial charge >= 0.3 is 0 Å². The lowest BCUT2D eigenvalue weighted by Crippen LogP contribution is -2.44. The summed E-state index contributed by atoms with van der Waals surface area (Å²) in [6, 6.07) is 4.57. The number of nitro groups is 1. The summed E-state index contributed by atoms with van der Waals surface area (Å²) in [5.41, 5.74) is 0.756. The van der Waals surface area contributed by atoms with Gasteiger partial charge in [-0.3, -0.25) is 14.9 Å². The first kappa shape index (κ1) is 17.2. The summed E-state index contributed by atoms with van der Waals surface area (Å²) in [4.78, 5) is 27.1. The standard InChI is InChI=1S/C15H22N4O4/c1-17-6-8-18(9-7-17)13-4-3-12(11-14(13)19(22)23)15(21)16-5-2-10-20/h3-4,11,20H,2,5-10H2,1H3,(H,16,21). The molecule has 1 aliphatic rings. The van der Waals surface area contributed by atoms with Gasteiger partial charge in [-0.25, -0.2) is 0 Å². The molecule has 8 heteroatoms. The van der Waals surface area contributed by atoms with E-state index in [4.69, 9.17) is 5.11 Å². The van der Waals surface area contributed by atoms with Gasteiger partial charge in [-0.2, -0.15) is 0 Å². The molecule has 0 radical (unpaired) electrons. The fraction of sp³-hybridized carbons (Fsp3) is 0.533. The van der Waals surface area contributed by atoms with E-state index < -0.39 is 4.92 Å². The van der Waals surface area contributed by atoms with Crippen molar-refractivity contribution in [3.8, 4) is 0 Å². The van der Waals surface area contributed by atoms with Gasteiger partial charge in [0.2, 0.25) is 0 Å². The Labute approximate surface area is 134 Å². The van der Waals surface area contributed by atoms with Crippen molar-refractivity contribution in [2.45, 2.75) is 6.42 Å². The zero-order chi connectivity index (χ0) is 16.8. The van der Waals surface area contributed by atoms with Crippen LogP contribution in [-0.4, -0.2) is 67.2 Å². The molecule has 0 aromatic heterocycles. The van der Waals surface area contributed by atoms with E-state index in [0.717, 1.165) is 26.2 Å². The monoisotopic (exact) mass is 322 g/mol. The third-order valence-corrected chi connectivity index (χ3v) is 3.90. The fourth-order valence-corrected chi connectivity index (χ4v) is 2.51. The predicted molar refractivity (Wildman–Crippen MR) is 86.8 cm³/mol. The maximum atomic E-state index is 12.0. The van der Waals surface area contributed by atoms with Crippen LogP contribution in [0.4, 0.5) is 11.4 Å². The Balaban J connectivity index is 2.18. The highest BCUT2D eigenvalue weighted by atomic mass is 16.6. The second-order valence-corrected chi connectivity index (χ2v) is 5.58. The summed E-state index contributed by atoms with van der Waals surface area (Å²) in [6.07, 6.45) is 0.452. The molecule has 2 rings (SSSR count). The summed E-state index contributed by atoms with van der Waals surface area (Å²) in [5.74, 6) is -0.369. The quantitative estimate of drug-likeness (QED) is 0.448. The predicted octanol–water partition coefficient (Wildman–Crippen LogP) is 0.459. The average molecular weight is 322 g/mol. The molecular weight excluding hydrogens is 300 g/mol. The highest BCUT2D eigenvalue weighted by Crippen LogP contribution is 2.30. The molecule has 1 aliphatic heterocycles. The van der Waals surface area contributed by atoms with Crippen molar-refractivity contribution >= 4 is 17.3 Å². The number of nitro benzene ring substituents is 1. The molecule has 0 saturated carbocycles. The molecule has 2 N–H and O–H groups in total. The van der Waals surface area contributed by atoms with Crippen LogP contribution in [0.25, 0.3) is 0 Å². The summed E-state index contributed by atoms with van der Waals surface area (Å²) in [6.45, 7) is 3.46. The van der Waals surface area contributed by atoms with Gasteiger partial charge in [0.25, 0.3) is 11.6 Å². The van der Waals surface area contributed by atoms with Gasteiger partial charge in [0.15, 0.2) is 0 Å². The molecular formula is C15H22N4O4. The minimum atomic E-state index is -0.446. The normalized spacial score (nSPS) is 15.5. The minimum absolute atomic E-state index is 0.0111. The topological polar surface area (TPSA) is 99.0 Å². The number of likely N-dealkylation sites (N-methyl/N-ethyl adjacent to an activating group) is 1. The van der Waals surface area contributed by atoms with Crippen molar-refractivity contribution in [3.05, 3.63) is 33.9 Å². The largest absolute Gasteiger partial charge is 0.396 e. The van der Waals surface area contributed by atoms with Crippen LogP contribution in [0.2, 0.25) is 0 Å². The second kappa shape index (κ2) is 7.89. The van der Waals surface area contributed by atoms with Crippen molar-refractivity contribution in [2.24, 2.45) is 0 Å². The van der Waals surface area contributed by atoms with Crippen LogP contribution < -0.4 is 10.2 Å². The molecule has 1 amide bonds. The molecule has 0 bridgehead atoms. The van der Waals surface area contributed by atoms with Gasteiger partial charge in [-0.15, -0.1) is 0 Å². The number of carbonyl (C=O) groups excluding carboxylic acids is 1. The van der Waals surface area contributed by atoms with E-state index >= 15 is 0 Å². The number of nitrogens with one attached hydrogen (secondary N) is 1. The van der Waals surface area contributed by atoms with E-state index in [1.165, 1.54) is 6.07 Å². The minimum Gasteiger partial charge on any atom is -0.396 e. The van der Waals surface area contributed by atoms with Crippen molar-refractivity contribution < 1.29 is 14.8 Å². The summed E-state index contributed by atoms with van der Waals surface area (Å²) >= 11 is 0. The zero-order valence-electron chi connectivity index (χ0n) is 13.2. The maximum absolute atomic E-state index is 12.0. The van der Waals surface area contributed by atoms with Gasteiger partial charge in [-0.1, -0.05) is 0 Å². The summed E-state index contributed by atoms with van der Waals surface area (Å²) < 4.78 is 0. The Morgan fingerprint density at radius 1 is 1.35 bits per heavy atom. The van der Waals surface area contributed by atoms with Crippen LogP contribution in [0, 0.1) is 10.1 Å². The molecule has 8 nitrogen and oxygen atoms in total. The molecule has 1 heterocycles. The lowest BCUT2D eigenvalue weighted by molar-refractivity contribution is -0.384. The number of rotatable bonds is 6. The van der Waals surface area contributed by atoms with Crippen molar-refractivity contribution in [1.82, 2.24) is 10.2 Å². The Morgan fingerprint density at radius 3 is 2.65 bits per heavy atom. The highest BCUT2D eigenvalue weighted by molar-refractivity contribution is 5.95. The van der Waals surface area contributed by atoms with Crippen LogP contribution in [0.5, 0.6) is 0 Å². The number of benzene rings is 1. The Hall–Kier alpha value is -2.19. The number of anilines is 1. The van der Waals surface area contributed by atoms with Crippen LogP contribution in [0.15, 0.2) is 18.2 Å². The van der Waals surface area contributed by atoms with Gasteiger partial charge in [-0.05, 0) is 25.6 Å². The summed E-state index contributed by atoms with van der Waals surface area (Å²) in [5, 5.41) is 22.7. The molecule has 1 aromatic rings. The Kier molecular flexibility index (Phi) is 5.89. The first-order valence-electron chi connectivity index (χ1n) is 7.64. The van der Waals surface area contributed by atoms with Crippen LogP contribution >= 0.6 is 0 Å². The number of aliphatic hydroxyl groups is 1. The molecule has 0 unspecified atom stereocenters. The third-order valence-electron chi connectivity index (χ3n) is 3.90. The number of hydrogen-bond donors (Lipinski definition) is 2. The van der Waals surface area contributed by atoms with E-state index in [0.29, 0.717) is 18.7 Å². The summed E-state index contributed by atoms with van der Waals surface area (Å²) in [7, 11) is 2.02. The first-order valence-corrected chi connectivity index (χ1v) is 7.64. The van der Waals surface area contributed by atoms with Gasteiger partial charge in [0.1, 0.15) is 5.69 Å². The van der Waals surface area contributed by atoms with Crippen LogP contribution in [0.1, 0.15) is 16.8 Å². The van der Waals surface area contributed by atoms with E-state index in [1.807, 2.05) is 11.9 Å². The number of piperazine rings is 1. The van der Waals surface area contributed by atoms with Gasteiger partial charge < -0.3 is 20.2 Å². The number of nitrogens with zero attached hydrogens (tertiary/aromatic N) is 3. The Morgan fingerprint density at radius 2 is 2.04 bits per heavy atom. The molecule has 0 spiro atoms. The van der Waals surface area contributed by atoms with Gasteiger partial charge in [0.05, 0.1) is 4.92 Å². The molecule has 0 aliphatic carbocycles. The molecule has 23 heavy (non-hydrogen) atoms. The second-order valence-electron chi connectivity index (χ2n) is 5.58. The number of carbonyl (C=O) groups is 1. The van der Waals surface area contributed by atoms with Crippen molar-refractivity contribution in [2.75, 3.05) is 51.3 Å². The van der Waals surface area contributed by atoms with E-state index in [2.05, 4.69) is 10.2 Å². The number of amides is 1. The number of hydrogen-bond acceptors (Lipinski definition) is 6. The molecule has 0 atom stereocenters. The van der Waals surface area contributed by atoms with E-state index in [-0.39, 0.29) is 23.8 Å². The SMILES string of the molecule is CN1CCN(c2ccc(C(=O)NCCCO)cc2[N+](=O)[O-])CC1. The van der Waals surface area contributed by atoms with Crippen LogP contribution in [0.3, 0.4) is 0 Å². The maximum Gasteiger partial charge on any atom is 0.293 e. The first-order chi connectivity index (χ1) is 11.0. The fourth-order valence-electron chi connectivity index (χ4n) is 2.51. The Bertz CT molecular complexity index is 571. The lowest BCUT2D eigenvalue weighted by atomic mass is 10.1. The lowest BCUT2D eigenvalue weighted by Gasteiger charge is -2.33. The molecule has 1 aromatic carbocycles. The van der Waals surface area contributed by atoms with Gasteiger partial charge in [0, 0.05) is 51.0 Å². The van der Waals surface area contributed by atoms with E-state index in [1.54, 1.807) is 12.1 Å². The van der Waals surface area contributed by atoms with Crippen molar-refractivity contribution in [3.63, 3.8) is 0 Å². The zero-order valence-corrected chi connectivity index (χ0v) is 13.2. The van der Waals surface area contributed by atoms with Crippen LogP contribution in [-0.2, 0) is 0 Å². The number of aliphatic hydroxyl groups excluding tert-OH is 1. The highest BCUT2D eigenvalue weighted by Gasteiger charge is 2.24. The van der Waals surface area contributed by atoms with Crippen molar-refractivity contribution in [1.29, 1.82) is 0 Å². The molecule has 1 fully saturated rings. The smallest absolute Gasteiger partial charge is 0.293 e. The van der Waals surface area contributed by atoms with E-state index in [9.17, 15) is 14.9 Å². The molecule has 1 saturated heterocycles. The third kappa shape index (κ3) is 4.40. The average Bonchev–Trinajstić information content (AvgIpc) is 2.55. The molecule has 126 valence electrons.